The van der Waals surface area contributed by atoms with E-state index in [-0.39, 0.29) is 0 Å². The van der Waals surface area contributed by atoms with Crippen molar-refractivity contribution in [1.29, 1.82) is 0 Å². The zero-order chi connectivity index (χ0) is 11.0. The topological polar surface area (TPSA) is 44.8 Å². The van der Waals surface area contributed by atoms with Crippen LogP contribution in [0.5, 0.6) is 0 Å². The van der Waals surface area contributed by atoms with E-state index in [0.717, 1.165) is 6.92 Å². The third-order valence-electron chi connectivity index (χ3n) is 1.68. The summed E-state index contributed by atoms with van der Waals surface area (Å²) in [6.07, 6.45) is -6.90. The predicted molar refractivity (Wildman–Crippen MR) is 32.5 cm³/mol. The van der Waals surface area contributed by atoms with Gasteiger partial charge in [-0.3, -0.25) is 0 Å². The van der Waals surface area contributed by atoms with Crippen LogP contribution in [0.25, 0.3) is 0 Å². The first-order valence-electron chi connectivity index (χ1n) is 3.51. The van der Waals surface area contributed by atoms with E-state index < -0.39 is 30.6 Å². The Morgan fingerprint density at radius 3 is 2.50 bits per heavy atom. The third kappa shape index (κ3) is 1.95. The molecule has 14 heavy (non-hydrogen) atoms. The summed E-state index contributed by atoms with van der Waals surface area (Å²) in [4.78, 5) is 13.3. The van der Waals surface area contributed by atoms with Gasteiger partial charge in [-0.2, -0.15) is 13.2 Å². The fourth-order valence-corrected chi connectivity index (χ4v) is 0.913. The second-order valence-corrected chi connectivity index (χ2v) is 2.77. The Morgan fingerprint density at radius 2 is 2.14 bits per heavy atom. The van der Waals surface area contributed by atoms with Crippen LogP contribution in [0, 0.1) is 0 Å². The molecular weight excluding hydrogens is 212 g/mol. The number of halogens is 4. The Labute approximate surface area is 75.6 Å². The molecule has 1 rings (SSSR count). The summed E-state index contributed by atoms with van der Waals surface area (Å²) in [6, 6.07) is 0. The Hall–Kier alpha value is -0.890. The minimum Gasteiger partial charge on any atom is -0.338 e. The minimum absolute atomic E-state index is 0.848. The van der Waals surface area contributed by atoms with Crippen molar-refractivity contribution in [2.75, 3.05) is 6.61 Å². The highest BCUT2D eigenvalue weighted by Crippen LogP contribution is 2.34. The van der Waals surface area contributed by atoms with E-state index in [1.165, 1.54) is 0 Å². The van der Waals surface area contributed by atoms with Crippen molar-refractivity contribution < 1.29 is 36.9 Å². The molecule has 0 aromatic heterocycles. The number of hydrogen-bond acceptors (Lipinski definition) is 4. The van der Waals surface area contributed by atoms with Gasteiger partial charge in [0.05, 0.1) is 6.61 Å². The highest BCUT2D eigenvalue weighted by molar-refractivity contribution is 5.77. The smallest absolute Gasteiger partial charge is 0.338 e. The van der Waals surface area contributed by atoms with Crippen LogP contribution in [-0.4, -0.2) is 30.6 Å². The van der Waals surface area contributed by atoms with Crippen LogP contribution >= 0.6 is 0 Å². The highest BCUT2D eigenvalue weighted by Gasteiger charge is 2.55. The molecule has 0 radical (unpaired) electrons. The first-order chi connectivity index (χ1) is 6.29. The van der Waals surface area contributed by atoms with E-state index in [0.29, 0.717) is 0 Å². The molecule has 1 heterocycles. The van der Waals surface area contributed by atoms with Crippen LogP contribution in [0.1, 0.15) is 6.92 Å². The lowest BCUT2D eigenvalue weighted by Gasteiger charge is -2.18. The van der Waals surface area contributed by atoms with Gasteiger partial charge >= 0.3 is 12.1 Å². The molecule has 0 aromatic rings. The van der Waals surface area contributed by atoms with E-state index >= 15 is 0 Å². The van der Waals surface area contributed by atoms with Crippen LogP contribution in [-0.2, 0) is 19.2 Å². The SMILES string of the molecule is CC1(C(=O)OF)OCC(C(F)(F)F)O1. The van der Waals surface area contributed by atoms with Gasteiger partial charge in [0, 0.05) is 11.4 Å². The summed E-state index contributed by atoms with van der Waals surface area (Å²) < 4.78 is 56.1. The van der Waals surface area contributed by atoms with Crippen LogP contribution in [0.2, 0.25) is 0 Å². The lowest BCUT2D eigenvalue weighted by molar-refractivity contribution is -0.259. The molecule has 1 saturated heterocycles. The van der Waals surface area contributed by atoms with E-state index in [9.17, 15) is 22.5 Å². The molecule has 1 fully saturated rings. The van der Waals surface area contributed by atoms with Gasteiger partial charge in [0.1, 0.15) is 0 Å². The maximum atomic E-state index is 12.0. The lowest BCUT2D eigenvalue weighted by Crippen LogP contribution is -2.39. The number of hydrogen-bond donors (Lipinski definition) is 0. The van der Waals surface area contributed by atoms with Gasteiger partial charge < -0.3 is 9.47 Å². The van der Waals surface area contributed by atoms with Crippen molar-refractivity contribution >= 4 is 5.97 Å². The minimum atomic E-state index is -4.66. The van der Waals surface area contributed by atoms with Gasteiger partial charge in [0.15, 0.2) is 6.10 Å². The summed E-state index contributed by atoms with van der Waals surface area (Å²) in [5.41, 5.74) is 0. The highest BCUT2D eigenvalue weighted by atomic mass is 19.4. The first kappa shape index (κ1) is 11.2. The number of carbonyl (C=O) groups excluding carboxylic acids is 1. The molecule has 0 aliphatic carbocycles. The maximum absolute atomic E-state index is 12.0. The molecule has 2 atom stereocenters. The molecule has 2 unspecified atom stereocenters. The summed E-state index contributed by atoms with van der Waals surface area (Å²) >= 11 is 0. The second-order valence-electron chi connectivity index (χ2n) is 2.77. The third-order valence-corrected chi connectivity index (χ3v) is 1.68. The summed E-state index contributed by atoms with van der Waals surface area (Å²) in [6.45, 7) is -0.0181. The molecule has 0 saturated carbocycles. The molecule has 1 aliphatic heterocycles. The first-order valence-corrected chi connectivity index (χ1v) is 3.51. The normalized spacial score (nSPS) is 33.1. The molecule has 0 amide bonds. The second kappa shape index (κ2) is 3.35. The largest absolute Gasteiger partial charge is 0.417 e. The van der Waals surface area contributed by atoms with Gasteiger partial charge in [-0.25, -0.2) is 9.74 Å². The zero-order valence-corrected chi connectivity index (χ0v) is 6.93. The molecule has 0 N–H and O–H groups in total. The van der Waals surface area contributed by atoms with Crippen LogP contribution < -0.4 is 0 Å². The van der Waals surface area contributed by atoms with E-state index in [2.05, 4.69) is 14.4 Å². The predicted octanol–water partition coefficient (Wildman–Crippen LogP) is 1.11. The summed E-state index contributed by atoms with van der Waals surface area (Å²) in [5, 5.41) is 0. The van der Waals surface area contributed by atoms with E-state index in [1.807, 2.05) is 0 Å². The zero-order valence-electron chi connectivity index (χ0n) is 6.93. The quantitative estimate of drug-likeness (QED) is 0.618. The fourth-order valence-electron chi connectivity index (χ4n) is 0.913. The van der Waals surface area contributed by atoms with Crippen molar-refractivity contribution in [3.63, 3.8) is 0 Å². The Bertz CT molecular complexity index is 240. The number of carbonyl (C=O) groups is 1. The average molecular weight is 218 g/mol. The van der Waals surface area contributed by atoms with Crippen molar-refractivity contribution in [3.05, 3.63) is 0 Å². The van der Waals surface area contributed by atoms with Gasteiger partial charge in [-0.1, -0.05) is 0 Å². The van der Waals surface area contributed by atoms with Crippen molar-refractivity contribution in [1.82, 2.24) is 0 Å². The Morgan fingerprint density at radius 1 is 1.57 bits per heavy atom. The Kier molecular flexibility index (Phi) is 2.68. The summed E-state index contributed by atoms with van der Waals surface area (Å²) in [7, 11) is 0. The molecule has 1 aliphatic rings. The molecular formula is C6H6F4O4. The van der Waals surface area contributed by atoms with E-state index in [4.69, 9.17) is 0 Å². The van der Waals surface area contributed by atoms with Crippen LogP contribution in [0.15, 0.2) is 0 Å². The van der Waals surface area contributed by atoms with Gasteiger partial charge in [-0.05, 0) is 0 Å². The van der Waals surface area contributed by atoms with Gasteiger partial charge in [-0.15, -0.1) is 0 Å². The molecule has 0 bridgehead atoms. The fraction of sp³-hybridized carbons (Fsp3) is 0.833. The number of ether oxygens (including phenoxy) is 2. The lowest BCUT2D eigenvalue weighted by atomic mass is 10.3. The number of alkyl halides is 3. The summed E-state index contributed by atoms with van der Waals surface area (Å²) in [5.74, 6) is -3.97. The van der Waals surface area contributed by atoms with Gasteiger partial charge in [0.2, 0.25) is 0 Å². The molecule has 0 aromatic carbocycles. The molecule has 82 valence electrons. The Balaban J connectivity index is 2.69. The maximum Gasteiger partial charge on any atom is 0.417 e. The van der Waals surface area contributed by atoms with Crippen molar-refractivity contribution in [2.24, 2.45) is 0 Å². The molecule has 0 spiro atoms. The standard InChI is InChI=1S/C6H6F4O4/c1-5(4(11)14-10)12-2-3(13-5)6(7,8)9/h3H,2H2,1H3. The van der Waals surface area contributed by atoms with Crippen LogP contribution in [0.4, 0.5) is 17.7 Å². The van der Waals surface area contributed by atoms with Gasteiger partial charge in [0.25, 0.3) is 5.79 Å². The molecule has 8 heteroatoms. The average Bonchev–Trinajstić information content (AvgIpc) is 2.47. The van der Waals surface area contributed by atoms with Crippen molar-refractivity contribution in [3.8, 4) is 0 Å². The van der Waals surface area contributed by atoms with Crippen LogP contribution in [0.3, 0.4) is 0 Å². The monoisotopic (exact) mass is 218 g/mol. The molecule has 4 nitrogen and oxygen atoms in total. The van der Waals surface area contributed by atoms with Crippen molar-refractivity contribution in [2.45, 2.75) is 25.0 Å². The van der Waals surface area contributed by atoms with E-state index in [1.54, 1.807) is 0 Å². The number of rotatable bonds is 1.